The maximum Gasteiger partial charge on any atom is 0.254 e. The van der Waals surface area contributed by atoms with Crippen LogP contribution in [0.5, 0.6) is 0 Å². The summed E-state index contributed by atoms with van der Waals surface area (Å²) in [6, 6.07) is 11.7. The van der Waals surface area contributed by atoms with Crippen molar-refractivity contribution in [2.45, 2.75) is 25.9 Å². The number of hydrogen-bond donors (Lipinski definition) is 1. The fraction of sp³-hybridized carbons (Fsp3) is 0.261. The van der Waals surface area contributed by atoms with Gasteiger partial charge in [-0.25, -0.2) is 8.78 Å². The molecule has 1 aliphatic heterocycles. The highest BCUT2D eigenvalue weighted by Crippen LogP contribution is 2.39. The summed E-state index contributed by atoms with van der Waals surface area (Å²) in [4.78, 5) is 26.8. The number of halogens is 2. The number of benzene rings is 2. The Labute approximate surface area is 172 Å². The minimum atomic E-state index is -0.677. The number of nitriles is 1. The largest absolute Gasteiger partial charge is 0.357 e. The van der Waals surface area contributed by atoms with Crippen LogP contribution >= 0.6 is 0 Å². The molecule has 1 aliphatic carbocycles. The minimum absolute atomic E-state index is 0.00328. The average Bonchev–Trinajstić information content (AvgIpc) is 3.43. The van der Waals surface area contributed by atoms with E-state index in [4.69, 9.17) is 5.26 Å². The van der Waals surface area contributed by atoms with E-state index in [2.05, 4.69) is 5.32 Å². The van der Waals surface area contributed by atoms with Gasteiger partial charge in [0.2, 0.25) is 0 Å². The molecule has 152 valence electrons. The quantitative estimate of drug-likeness (QED) is 0.771. The van der Waals surface area contributed by atoms with E-state index in [0.29, 0.717) is 28.8 Å². The molecule has 5 nitrogen and oxygen atoms in total. The van der Waals surface area contributed by atoms with Gasteiger partial charge in [-0.15, -0.1) is 0 Å². The number of hydrogen-bond acceptors (Lipinski definition) is 4. The molecular formula is C23H19F2N3O2. The van der Waals surface area contributed by atoms with Gasteiger partial charge in [-0.1, -0.05) is 24.3 Å². The number of Topliss-reactive ketones (excluding diaryl/α,β-unsaturated/α-hetero) is 1. The summed E-state index contributed by atoms with van der Waals surface area (Å²) < 4.78 is 28.2. The molecule has 0 saturated heterocycles. The fourth-order valence-corrected chi connectivity index (χ4v) is 3.95. The lowest BCUT2D eigenvalue weighted by molar-refractivity contribution is -0.116. The van der Waals surface area contributed by atoms with Crippen molar-refractivity contribution < 1.29 is 18.4 Å². The Morgan fingerprint density at radius 3 is 2.70 bits per heavy atom. The van der Waals surface area contributed by atoms with Crippen LogP contribution < -0.4 is 5.32 Å². The number of ketones is 1. The number of rotatable bonds is 5. The third-order valence-corrected chi connectivity index (χ3v) is 5.63. The first kappa shape index (κ1) is 19.8. The second kappa shape index (κ2) is 7.71. The first-order valence-corrected chi connectivity index (χ1v) is 9.60. The van der Waals surface area contributed by atoms with Crippen LogP contribution in [0.25, 0.3) is 5.57 Å². The Morgan fingerprint density at radius 1 is 1.30 bits per heavy atom. The molecule has 2 aliphatic rings. The summed E-state index contributed by atoms with van der Waals surface area (Å²) in [7, 11) is 0. The van der Waals surface area contributed by atoms with Crippen LogP contribution in [0.15, 0.2) is 48.2 Å². The van der Waals surface area contributed by atoms with Gasteiger partial charge in [0.15, 0.2) is 0 Å². The Kier molecular flexibility index (Phi) is 5.08. The minimum Gasteiger partial charge on any atom is -0.357 e. The van der Waals surface area contributed by atoms with Gasteiger partial charge in [0.05, 0.1) is 17.7 Å². The van der Waals surface area contributed by atoms with Gasteiger partial charge >= 0.3 is 0 Å². The summed E-state index contributed by atoms with van der Waals surface area (Å²) in [5.74, 6) is -1.82. The van der Waals surface area contributed by atoms with Gasteiger partial charge in [0.1, 0.15) is 24.0 Å². The molecule has 2 atom stereocenters. The Balaban J connectivity index is 1.73. The summed E-state index contributed by atoms with van der Waals surface area (Å²) in [5.41, 5.74) is 2.10. The van der Waals surface area contributed by atoms with E-state index >= 15 is 0 Å². The molecule has 1 saturated carbocycles. The van der Waals surface area contributed by atoms with E-state index < -0.39 is 29.5 Å². The zero-order valence-corrected chi connectivity index (χ0v) is 16.3. The summed E-state index contributed by atoms with van der Waals surface area (Å²) >= 11 is 0. The Hall–Kier alpha value is -3.53. The molecule has 0 aromatic heterocycles. The van der Waals surface area contributed by atoms with Crippen LogP contribution in [-0.2, 0) is 16.1 Å². The molecule has 0 spiro atoms. The van der Waals surface area contributed by atoms with Crippen molar-refractivity contribution in [2.75, 3.05) is 6.54 Å². The van der Waals surface area contributed by atoms with Crippen LogP contribution in [0.2, 0.25) is 0 Å². The van der Waals surface area contributed by atoms with Gasteiger partial charge < -0.3 is 10.2 Å². The first-order valence-electron chi connectivity index (χ1n) is 9.60. The maximum atomic E-state index is 14.5. The van der Waals surface area contributed by atoms with Crippen molar-refractivity contribution in [2.24, 2.45) is 5.92 Å². The maximum absolute atomic E-state index is 14.5. The van der Waals surface area contributed by atoms with Gasteiger partial charge in [-0.2, -0.15) is 5.26 Å². The van der Waals surface area contributed by atoms with E-state index in [1.54, 1.807) is 24.0 Å². The number of allylic oxidation sites excluding steroid dienone is 1. The van der Waals surface area contributed by atoms with Crippen LogP contribution in [0.4, 0.5) is 8.78 Å². The Bertz CT molecular complexity index is 1120. The van der Waals surface area contributed by atoms with Gasteiger partial charge in [-0.05, 0) is 36.2 Å². The van der Waals surface area contributed by atoms with E-state index in [0.717, 1.165) is 0 Å². The molecule has 7 heteroatoms. The normalized spacial score (nSPS) is 18.5. The zero-order chi connectivity index (χ0) is 21.4. The molecular weight excluding hydrogens is 388 g/mol. The predicted molar refractivity (Wildman–Crippen MR) is 105 cm³/mol. The monoisotopic (exact) mass is 407 g/mol. The van der Waals surface area contributed by atoms with Crippen molar-refractivity contribution in [1.82, 2.24) is 10.2 Å². The molecule has 4 rings (SSSR count). The van der Waals surface area contributed by atoms with Gasteiger partial charge in [0, 0.05) is 30.1 Å². The van der Waals surface area contributed by atoms with Crippen LogP contribution in [0, 0.1) is 28.9 Å². The van der Waals surface area contributed by atoms with Crippen LogP contribution in [0.3, 0.4) is 0 Å². The lowest BCUT2D eigenvalue weighted by Gasteiger charge is -2.32. The third-order valence-electron chi connectivity index (χ3n) is 5.63. The van der Waals surface area contributed by atoms with Crippen molar-refractivity contribution in [1.29, 1.82) is 5.26 Å². The lowest BCUT2D eigenvalue weighted by Crippen LogP contribution is -2.36. The van der Waals surface area contributed by atoms with Crippen molar-refractivity contribution in [3.8, 4) is 6.07 Å². The van der Waals surface area contributed by atoms with E-state index in [1.807, 2.05) is 6.07 Å². The molecule has 1 N–H and O–H groups in total. The second-order valence-electron chi connectivity index (χ2n) is 7.52. The molecule has 1 amide bonds. The number of carbonyl (C=O) groups is 2. The van der Waals surface area contributed by atoms with E-state index in [9.17, 15) is 18.4 Å². The molecule has 1 fully saturated rings. The van der Waals surface area contributed by atoms with Gasteiger partial charge in [-0.3, -0.25) is 9.59 Å². The zero-order valence-electron chi connectivity index (χ0n) is 16.3. The first-order chi connectivity index (χ1) is 14.4. The molecule has 2 aromatic carbocycles. The second-order valence-corrected chi connectivity index (χ2v) is 7.52. The molecule has 30 heavy (non-hydrogen) atoms. The lowest BCUT2D eigenvalue weighted by atomic mass is 9.91. The number of fused-ring (bicyclic) bond motifs is 1. The fourth-order valence-electron chi connectivity index (χ4n) is 3.95. The van der Waals surface area contributed by atoms with Crippen LogP contribution in [0.1, 0.15) is 36.1 Å². The molecule has 1 heterocycles. The summed E-state index contributed by atoms with van der Waals surface area (Å²) in [6.45, 7) is 1.90. The predicted octanol–water partition coefficient (Wildman–Crippen LogP) is 3.48. The molecule has 1 unspecified atom stereocenters. The highest BCUT2D eigenvalue weighted by molar-refractivity contribution is 6.21. The summed E-state index contributed by atoms with van der Waals surface area (Å²) in [5, 5.41) is 12.0. The number of carbonyl (C=O) groups excluding carboxylic acids is 2. The highest BCUT2D eigenvalue weighted by Gasteiger charge is 2.43. The number of amides is 1. The molecule has 0 radical (unpaired) electrons. The molecule has 0 bridgehead atoms. The standard InChI is InChI=1S/C23H19F2N3O2/c1-13-21(16-6-3-7-19(25)18(16)12-28(13)9-8-26)23(30)27-22(17-11-20(17)29)14-4-2-5-15(24)10-14/h2-7,10,17,22H,9,11-12H2,1H3,(H,27,30)/t17?,22-/m1/s1. The topological polar surface area (TPSA) is 73.2 Å². The van der Waals surface area contributed by atoms with Crippen molar-refractivity contribution in [3.05, 3.63) is 76.5 Å². The third kappa shape index (κ3) is 3.57. The van der Waals surface area contributed by atoms with Crippen LogP contribution in [-0.4, -0.2) is 23.1 Å². The summed E-state index contributed by atoms with van der Waals surface area (Å²) in [6.07, 6.45) is 0.311. The highest BCUT2D eigenvalue weighted by atomic mass is 19.1. The number of nitrogens with zero attached hydrogens (tertiary/aromatic N) is 2. The Morgan fingerprint density at radius 2 is 2.03 bits per heavy atom. The smallest absolute Gasteiger partial charge is 0.254 e. The number of nitrogens with one attached hydrogen (secondary N) is 1. The van der Waals surface area contributed by atoms with E-state index in [-0.39, 0.29) is 24.4 Å². The SMILES string of the molecule is CC1=C(C(=O)N[C@H](c2cccc(F)c2)C2CC2=O)c2cccc(F)c2CN1CC#N. The van der Waals surface area contributed by atoms with E-state index in [1.165, 1.54) is 30.3 Å². The average molecular weight is 407 g/mol. The van der Waals surface area contributed by atoms with Crippen molar-refractivity contribution in [3.63, 3.8) is 0 Å². The van der Waals surface area contributed by atoms with Gasteiger partial charge in [0.25, 0.3) is 5.91 Å². The molecule has 2 aromatic rings. The van der Waals surface area contributed by atoms with Crippen molar-refractivity contribution >= 4 is 17.3 Å².